The number of nitrogens with one attached hydrogen (secondary N) is 3. The number of aromatic amines is 2. The molecule has 3 aromatic rings. The van der Waals surface area contributed by atoms with E-state index in [1.807, 2.05) is 0 Å². The molecule has 0 radical (unpaired) electrons. The number of fused-ring (bicyclic) bond motifs is 1. The Morgan fingerprint density at radius 3 is 2.61 bits per heavy atom. The van der Waals surface area contributed by atoms with Gasteiger partial charge >= 0.3 is 0 Å². The van der Waals surface area contributed by atoms with Crippen molar-refractivity contribution in [3.63, 3.8) is 0 Å². The summed E-state index contributed by atoms with van der Waals surface area (Å²) in [5.74, 6) is -0.857. The molecule has 0 bridgehead atoms. The van der Waals surface area contributed by atoms with Crippen molar-refractivity contribution in [2.45, 2.75) is 6.42 Å². The van der Waals surface area contributed by atoms with Gasteiger partial charge in [-0.15, -0.1) is 0 Å². The van der Waals surface area contributed by atoms with E-state index in [0.717, 1.165) is 5.56 Å². The largest absolute Gasteiger partial charge is 0.369 e. The zero-order chi connectivity index (χ0) is 16.4. The van der Waals surface area contributed by atoms with Crippen LogP contribution in [-0.2, 0) is 11.2 Å². The summed E-state index contributed by atoms with van der Waals surface area (Å²) in [7, 11) is 0. The number of hydrogen-bond acceptors (Lipinski definition) is 4. The first-order chi connectivity index (χ1) is 11.0. The Balaban J connectivity index is 1.83. The van der Waals surface area contributed by atoms with Crippen LogP contribution in [-0.4, -0.2) is 26.8 Å². The second-order valence-corrected chi connectivity index (χ2v) is 4.95. The highest BCUT2D eigenvalue weighted by Crippen LogP contribution is 2.15. The second kappa shape index (κ2) is 5.76. The molecule has 2 heterocycles. The third-order valence-electron chi connectivity index (χ3n) is 3.31. The van der Waals surface area contributed by atoms with Gasteiger partial charge < -0.3 is 21.0 Å². The minimum atomic E-state index is -0.433. The van der Waals surface area contributed by atoms with Crippen LogP contribution in [0.1, 0.15) is 15.9 Å². The van der Waals surface area contributed by atoms with E-state index in [2.05, 4.69) is 20.3 Å². The summed E-state index contributed by atoms with van der Waals surface area (Å²) < 4.78 is 0. The monoisotopic (exact) mass is 311 g/mol. The van der Waals surface area contributed by atoms with Crippen LogP contribution in [0.15, 0.2) is 41.6 Å². The fraction of sp³-hybridized carbons (Fsp3) is 0.0667. The fourth-order valence-electron chi connectivity index (χ4n) is 2.26. The number of H-pyrrole nitrogens is 2. The number of hydrogen-bond donors (Lipinski definition) is 4. The Morgan fingerprint density at radius 2 is 1.91 bits per heavy atom. The predicted molar refractivity (Wildman–Crippen MR) is 84.0 cm³/mol. The van der Waals surface area contributed by atoms with E-state index < -0.39 is 17.4 Å². The van der Waals surface area contributed by atoms with E-state index in [0.29, 0.717) is 11.3 Å². The quantitative estimate of drug-likeness (QED) is 0.559. The Labute approximate surface area is 129 Å². The van der Waals surface area contributed by atoms with Crippen LogP contribution in [0.2, 0.25) is 0 Å². The van der Waals surface area contributed by atoms with Gasteiger partial charge in [0.1, 0.15) is 5.65 Å². The number of carbonyl (C=O) groups is 2. The molecule has 3 rings (SSSR count). The van der Waals surface area contributed by atoms with Crippen molar-refractivity contribution < 1.29 is 9.59 Å². The third-order valence-corrected chi connectivity index (χ3v) is 3.31. The average Bonchev–Trinajstić information content (AvgIpc) is 2.94. The first-order valence-corrected chi connectivity index (χ1v) is 6.78. The molecule has 0 aliphatic heterocycles. The summed E-state index contributed by atoms with van der Waals surface area (Å²) in [6, 6.07) is 6.72. The van der Waals surface area contributed by atoms with E-state index >= 15 is 0 Å². The fourth-order valence-corrected chi connectivity index (χ4v) is 2.26. The summed E-state index contributed by atoms with van der Waals surface area (Å²) in [5.41, 5.74) is 6.57. The summed E-state index contributed by atoms with van der Waals surface area (Å²) in [6.45, 7) is 0. The molecule has 1 aromatic carbocycles. The molecule has 5 N–H and O–H groups in total. The zero-order valence-corrected chi connectivity index (χ0v) is 11.9. The van der Waals surface area contributed by atoms with Crippen molar-refractivity contribution in [3.05, 3.63) is 58.3 Å². The molecule has 0 saturated carbocycles. The smallest absolute Gasteiger partial charge is 0.261 e. The molecule has 116 valence electrons. The topological polar surface area (TPSA) is 134 Å². The molecule has 0 spiro atoms. The van der Waals surface area contributed by atoms with E-state index in [4.69, 9.17) is 5.73 Å². The number of carbonyl (C=O) groups excluding carboxylic acids is 2. The first-order valence-electron chi connectivity index (χ1n) is 6.78. The summed E-state index contributed by atoms with van der Waals surface area (Å²) in [4.78, 5) is 44.2. The van der Waals surface area contributed by atoms with Gasteiger partial charge in [-0.1, -0.05) is 12.1 Å². The maximum absolute atomic E-state index is 12.3. The van der Waals surface area contributed by atoms with Gasteiger partial charge in [-0.2, -0.15) is 0 Å². The van der Waals surface area contributed by atoms with Gasteiger partial charge in [-0.05, 0) is 17.7 Å². The lowest BCUT2D eigenvalue weighted by Crippen LogP contribution is -2.15. The highest BCUT2D eigenvalue weighted by molar-refractivity contribution is 6.12. The number of rotatable bonds is 4. The van der Waals surface area contributed by atoms with Crippen molar-refractivity contribution in [2.24, 2.45) is 5.73 Å². The van der Waals surface area contributed by atoms with Gasteiger partial charge in [0.15, 0.2) is 0 Å². The molecule has 2 amide bonds. The molecule has 2 aromatic heterocycles. The zero-order valence-electron chi connectivity index (χ0n) is 11.9. The standard InChI is InChI=1S/C15H13N5O3/c16-11(21)5-8-1-3-9(4-2-8)20-14(22)10-6-17-13-12(10)15(23)19-7-18-13/h1-4,6-7H,5H2,(H2,16,21)(H,20,22)(H2,17,18,19,23). The van der Waals surface area contributed by atoms with Crippen LogP contribution in [0.4, 0.5) is 5.69 Å². The van der Waals surface area contributed by atoms with E-state index in [-0.39, 0.29) is 17.4 Å². The van der Waals surface area contributed by atoms with Gasteiger partial charge in [0.2, 0.25) is 5.91 Å². The SMILES string of the molecule is NC(=O)Cc1ccc(NC(=O)c2c[nH]c3nc[nH]c(=O)c23)cc1. The Bertz CT molecular complexity index is 940. The highest BCUT2D eigenvalue weighted by atomic mass is 16.2. The molecule has 8 nitrogen and oxygen atoms in total. The van der Waals surface area contributed by atoms with Crippen LogP contribution in [0.25, 0.3) is 11.0 Å². The molecule has 0 fully saturated rings. The second-order valence-electron chi connectivity index (χ2n) is 4.95. The minimum absolute atomic E-state index is 0.137. The van der Waals surface area contributed by atoms with Crippen LogP contribution in [0, 0.1) is 0 Å². The number of nitrogens with two attached hydrogens (primary N) is 1. The van der Waals surface area contributed by atoms with E-state index in [9.17, 15) is 14.4 Å². The third kappa shape index (κ3) is 2.95. The van der Waals surface area contributed by atoms with Crippen LogP contribution < -0.4 is 16.6 Å². The number of aromatic nitrogens is 3. The molecule has 0 atom stereocenters. The lowest BCUT2D eigenvalue weighted by molar-refractivity contribution is -0.117. The van der Waals surface area contributed by atoms with Crippen molar-refractivity contribution in [2.75, 3.05) is 5.32 Å². The molecular weight excluding hydrogens is 298 g/mol. The van der Waals surface area contributed by atoms with E-state index in [1.54, 1.807) is 24.3 Å². The van der Waals surface area contributed by atoms with Crippen LogP contribution >= 0.6 is 0 Å². The molecule has 0 unspecified atom stereocenters. The van der Waals surface area contributed by atoms with Crippen LogP contribution in [0.5, 0.6) is 0 Å². The van der Waals surface area contributed by atoms with Gasteiger partial charge in [0.05, 0.1) is 23.7 Å². The Morgan fingerprint density at radius 1 is 1.17 bits per heavy atom. The molecular formula is C15H13N5O3. The predicted octanol–water partition coefficient (Wildman–Crippen LogP) is 0.531. The number of nitrogens with zero attached hydrogens (tertiary/aromatic N) is 1. The number of benzene rings is 1. The van der Waals surface area contributed by atoms with E-state index in [1.165, 1.54) is 12.5 Å². The summed E-state index contributed by atoms with van der Waals surface area (Å²) in [6.07, 6.45) is 2.84. The molecule has 0 aliphatic carbocycles. The number of anilines is 1. The lowest BCUT2D eigenvalue weighted by Gasteiger charge is -2.05. The van der Waals surface area contributed by atoms with Gasteiger partial charge in [0, 0.05) is 11.9 Å². The number of amides is 2. The minimum Gasteiger partial charge on any atom is -0.369 e. The molecule has 8 heteroatoms. The maximum Gasteiger partial charge on any atom is 0.261 e. The van der Waals surface area contributed by atoms with Crippen molar-refractivity contribution in [1.29, 1.82) is 0 Å². The molecule has 0 saturated heterocycles. The van der Waals surface area contributed by atoms with Gasteiger partial charge in [-0.3, -0.25) is 14.4 Å². The highest BCUT2D eigenvalue weighted by Gasteiger charge is 2.15. The van der Waals surface area contributed by atoms with Crippen LogP contribution in [0.3, 0.4) is 0 Å². The molecule has 23 heavy (non-hydrogen) atoms. The lowest BCUT2D eigenvalue weighted by atomic mass is 10.1. The van der Waals surface area contributed by atoms with Gasteiger partial charge in [-0.25, -0.2) is 4.98 Å². The van der Waals surface area contributed by atoms with Gasteiger partial charge in [0.25, 0.3) is 11.5 Å². The Kier molecular flexibility index (Phi) is 3.63. The van der Waals surface area contributed by atoms with Crippen molar-refractivity contribution in [3.8, 4) is 0 Å². The first kappa shape index (κ1) is 14.5. The van der Waals surface area contributed by atoms with Crippen molar-refractivity contribution >= 4 is 28.5 Å². The molecule has 0 aliphatic rings. The average molecular weight is 311 g/mol. The summed E-state index contributed by atoms with van der Waals surface area (Å²) in [5, 5.41) is 2.89. The number of primary amides is 1. The normalized spacial score (nSPS) is 10.6. The maximum atomic E-state index is 12.3. The van der Waals surface area contributed by atoms with Crippen molar-refractivity contribution in [1.82, 2.24) is 15.0 Å². The summed E-state index contributed by atoms with van der Waals surface area (Å²) >= 11 is 0. The Hall–Kier alpha value is -3.42.